The van der Waals surface area contributed by atoms with Gasteiger partial charge >= 0.3 is 0 Å². The molecule has 0 spiro atoms. The van der Waals surface area contributed by atoms with Crippen LogP contribution >= 0.6 is 0 Å². The maximum Gasteiger partial charge on any atom is 0.227 e. The highest BCUT2D eigenvalue weighted by Crippen LogP contribution is 2.26. The van der Waals surface area contributed by atoms with E-state index in [-0.39, 0.29) is 0 Å². The largest absolute Gasteiger partial charge is 0.435 e. The lowest BCUT2D eigenvalue weighted by Gasteiger charge is -2.11. The molecule has 2 aromatic rings. The van der Waals surface area contributed by atoms with Crippen molar-refractivity contribution < 1.29 is 4.74 Å². The molecule has 0 fully saturated rings. The molecule has 6 heteroatoms. The van der Waals surface area contributed by atoms with Gasteiger partial charge in [-0.25, -0.2) is 4.98 Å². The third-order valence-corrected chi connectivity index (χ3v) is 2.45. The van der Waals surface area contributed by atoms with Gasteiger partial charge in [0, 0.05) is 13.6 Å². The number of nitrogens with one attached hydrogen (secondary N) is 1. The van der Waals surface area contributed by atoms with E-state index in [2.05, 4.69) is 20.4 Å². The molecular formula is C12H17N5O. The van der Waals surface area contributed by atoms with E-state index in [1.54, 1.807) is 17.1 Å². The quantitative estimate of drug-likeness (QED) is 0.895. The number of aromatic nitrogens is 4. The van der Waals surface area contributed by atoms with Crippen molar-refractivity contribution in [3.05, 3.63) is 23.8 Å². The van der Waals surface area contributed by atoms with Gasteiger partial charge in [0.25, 0.3) is 0 Å². The highest BCUT2D eigenvalue weighted by Gasteiger charge is 2.11. The highest BCUT2D eigenvalue weighted by molar-refractivity contribution is 5.49. The third-order valence-electron chi connectivity index (χ3n) is 2.45. The molecule has 96 valence electrons. The zero-order valence-electron chi connectivity index (χ0n) is 11.1. The minimum atomic E-state index is 0.562. The lowest BCUT2D eigenvalue weighted by molar-refractivity contribution is 0.455. The maximum absolute atomic E-state index is 5.72. The summed E-state index contributed by atoms with van der Waals surface area (Å²) in [5.74, 6) is 2.71. The Morgan fingerprint density at radius 2 is 2.11 bits per heavy atom. The van der Waals surface area contributed by atoms with Gasteiger partial charge in [-0.1, -0.05) is 0 Å². The van der Waals surface area contributed by atoms with Gasteiger partial charge in [0.15, 0.2) is 5.75 Å². The molecule has 0 aliphatic rings. The van der Waals surface area contributed by atoms with Crippen LogP contribution in [0.5, 0.6) is 11.6 Å². The van der Waals surface area contributed by atoms with E-state index in [4.69, 9.17) is 4.74 Å². The van der Waals surface area contributed by atoms with Crippen LogP contribution in [0.2, 0.25) is 0 Å². The van der Waals surface area contributed by atoms with Crippen LogP contribution in [0.4, 0.5) is 5.82 Å². The van der Waals surface area contributed by atoms with Crippen LogP contribution in [-0.4, -0.2) is 26.3 Å². The first-order chi connectivity index (χ1) is 8.60. The zero-order chi connectivity index (χ0) is 13.1. The van der Waals surface area contributed by atoms with E-state index in [0.29, 0.717) is 17.5 Å². The van der Waals surface area contributed by atoms with Crippen molar-refractivity contribution in [2.75, 3.05) is 11.9 Å². The molecule has 0 aliphatic carbocycles. The van der Waals surface area contributed by atoms with Crippen molar-refractivity contribution in [3.63, 3.8) is 0 Å². The van der Waals surface area contributed by atoms with Crippen LogP contribution in [0.25, 0.3) is 0 Å². The van der Waals surface area contributed by atoms with Gasteiger partial charge in [-0.05, 0) is 20.8 Å². The maximum atomic E-state index is 5.72. The summed E-state index contributed by atoms with van der Waals surface area (Å²) < 4.78 is 7.41. The Hall–Kier alpha value is -2.11. The highest BCUT2D eigenvalue weighted by atomic mass is 16.5. The summed E-state index contributed by atoms with van der Waals surface area (Å²) in [6.07, 6.45) is 3.45. The molecule has 0 saturated carbocycles. The van der Waals surface area contributed by atoms with Gasteiger partial charge in [-0.2, -0.15) is 10.1 Å². The minimum absolute atomic E-state index is 0.562. The molecule has 0 radical (unpaired) electrons. The average molecular weight is 247 g/mol. The van der Waals surface area contributed by atoms with Crippen LogP contribution in [0, 0.1) is 13.8 Å². The molecule has 0 amide bonds. The van der Waals surface area contributed by atoms with Crippen LogP contribution in [0.3, 0.4) is 0 Å². The molecule has 2 aromatic heterocycles. The second-order valence-electron chi connectivity index (χ2n) is 4.03. The fraction of sp³-hybridized carbons (Fsp3) is 0.417. The Morgan fingerprint density at radius 3 is 2.72 bits per heavy atom. The second kappa shape index (κ2) is 5.03. The Balaban J connectivity index is 2.32. The summed E-state index contributed by atoms with van der Waals surface area (Å²) in [4.78, 5) is 8.66. The summed E-state index contributed by atoms with van der Waals surface area (Å²) in [7, 11) is 1.84. The van der Waals surface area contributed by atoms with E-state index >= 15 is 0 Å². The first-order valence-electron chi connectivity index (χ1n) is 5.85. The number of hydrogen-bond donors (Lipinski definition) is 1. The van der Waals surface area contributed by atoms with Crippen LogP contribution < -0.4 is 10.1 Å². The van der Waals surface area contributed by atoms with E-state index in [1.165, 1.54) is 0 Å². The summed E-state index contributed by atoms with van der Waals surface area (Å²) in [5, 5.41) is 7.25. The first-order valence-corrected chi connectivity index (χ1v) is 5.85. The second-order valence-corrected chi connectivity index (χ2v) is 4.03. The van der Waals surface area contributed by atoms with E-state index in [1.807, 2.05) is 27.8 Å². The minimum Gasteiger partial charge on any atom is -0.435 e. The molecule has 2 heterocycles. The molecule has 0 aliphatic heterocycles. The van der Waals surface area contributed by atoms with Crippen molar-refractivity contribution in [2.45, 2.75) is 20.8 Å². The van der Waals surface area contributed by atoms with Gasteiger partial charge in [-0.15, -0.1) is 0 Å². The molecule has 6 nitrogen and oxygen atoms in total. The summed E-state index contributed by atoms with van der Waals surface area (Å²) in [5.41, 5.74) is 0.895. The molecule has 0 unspecified atom stereocenters. The van der Waals surface area contributed by atoms with Crippen molar-refractivity contribution in [1.29, 1.82) is 0 Å². The molecule has 2 rings (SSSR count). The van der Waals surface area contributed by atoms with Crippen molar-refractivity contribution in [2.24, 2.45) is 7.05 Å². The predicted octanol–water partition coefficient (Wildman–Crippen LogP) is 2.05. The fourth-order valence-electron chi connectivity index (χ4n) is 1.60. The van der Waals surface area contributed by atoms with Gasteiger partial charge in [0.2, 0.25) is 5.88 Å². The standard InChI is InChI=1S/C12H17N5O/c1-5-13-11-8(2)12(16-9(3)15-11)18-10-6-14-17(4)7-10/h6-7H,5H2,1-4H3,(H,13,15,16). The zero-order valence-corrected chi connectivity index (χ0v) is 11.1. The molecule has 0 saturated heterocycles. The van der Waals surface area contributed by atoms with Crippen LogP contribution in [-0.2, 0) is 7.05 Å². The monoisotopic (exact) mass is 247 g/mol. The number of nitrogens with zero attached hydrogens (tertiary/aromatic N) is 4. The van der Waals surface area contributed by atoms with Crippen LogP contribution in [0.15, 0.2) is 12.4 Å². The van der Waals surface area contributed by atoms with Crippen LogP contribution in [0.1, 0.15) is 18.3 Å². The Labute approximate surface area is 106 Å². The molecule has 0 aromatic carbocycles. The Bertz CT molecular complexity index is 549. The van der Waals surface area contributed by atoms with Gasteiger partial charge in [-0.3, -0.25) is 4.68 Å². The molecule has 18 heavy (non-hydrogen) atoms. The predicted molar refractivity (Wildman–Crippen MR) is 69.0 cm³/mol. The summed E-state index contributed by atoms with van der Waals surface area (Å²) in [6, 6.07) is 0. The summed E-state index contributed by atoms with van der Waals surface area (Å²) in [6.45, 7) is 6.61. The molecule has 1 N–H and O–H groups in total. The lowest BCUT2D eigenvalue weighted by atomic mass is 10.3. The number of anilines is 1. The number of ether oxygens (including phenoxy) is 1. The SMILES string of the molecule is CCNc1nc(C)nc(Oc2cnn(C)c2)c1C. The smallest absolute Gasteiger partial charge is 0.227 e. The molecular weight excluding hydrogens is 230 g/mol. The van der Waals surface area contributed by atoms with E-state index in [9.17, 15) is 0 Å². The first kappa shape index (κ1) is 12.3. The van der Waals surface area contributed by atoms with E-state index in [0.717, 1.165) is 17.9 Å². The average Bonchev–Trinajstić information content (AvgIpc) is 2.71. The molecule has 0 bridgehead atoms. The number of rotatable bonds is 4. The lowest BCUT2D eigenvalue weighted by Crippen LogP contribution is -2.06. The molecule has 0 atom stereocenters. The Kier molecular flexibility index (Phi) is 3.45. The van der Waals surface area contributed by atoms with Crippen molar-refractivity contribution >= 4 is 5.82 Å². The number of hydrogen-bond acceptors (Lipinski definition) is 5. The van der Waals surface area contributed by atoms with Gasteiger partial charge < -0.3 is 10.1 Å². The van der Waals surface area contributed by atoms with Crippen molar-refractivity contribution in [3.8, 4) is 11.6 Å². The Morgan fingerprint density at radius 1 is 1.33 bits per heavy atom. The van der Waals surface area contributed by atoms with E-state index < -0.39 is 0 Å². The summed E-state index contributed by atoms with van der Waals surface area (Å²) >= 11 is 0. The van der Waals surface area contributed by atoms with Gasteiger partial charge in [0.05, 0.1) is 18.0 Å². The fourth-order valence-corrected chi connectivity index (χ4v) is 1.60. The van der Waals surface area contributed by atoms with Gasteiger partial charge in [0.1, 0.15) is 11.6 Å². The third kappa shape index (κ3) is 2.58. The normalized spacial score (nSPS) is 10.4. The van der Waals surface area contributed by atoms with Crippen molar-refractivity contribution in [1.82, 2.24) is 19.7 Å². The topological polar surface area (TPSA) is 64.9 Å². The number of aryl methyl sites for hydroxylation is 2.